The highest BCUT2D eigenvalue weighted by atomic mass is 14.8. The van der Waals surface area contributed by atoms with Crippen LogP contribution in [-0.4, -0.2) is 33.0 Å². The molecule has 0 spiro atoms. The van der Waals surface area contributed by atoms with E-state index in [1.807, 2.05) is 0 Å². The Kier molecular flexibility index (Phi) is 13.9. The highest BCUT2D eigenvalue weighted by Gasteiger charge is 2.19. The van der Waals surface area contributed by atoms with E-state index in [1.165, 1.54) is 22.3 Å². The number of nitriles is 2. The summed E-state index contributed by atoms with van der Waals surface area (Å²) in [6.45, 7) is 15.5. The summed E-state index contributed by atoms with van der Waals surface area (Å²) in [7, 11) is 0. The van der Waals surface area contributed by atoms with Gasteiger partial charge in [-0.1, -0.05) is 97.1 Å². The van der Waals surface area contributed by atoms with Crippen LogP contribution in [0.1, 0.15) is 83.6 Å². The number of unbranched alkanes of at least 4 members (excludes halogenated alkanes) is 2. The van der Waals surface area contributed by atoms with Gasteiger partial charge in [0.15, 0.2) is 0 Å². The third-order valence-electron chi connectivity index (χ3n) is 12.7. The minimum Gasteiger partial charge on any atom is -0.354 e. The van der Waals surface area contributed by atoms with E-state index >= 15 is 0 Å². The average Bonchev–Trinajstić information content (AvgIpc) is 4.23. The molecule has 8 bridgehead atoms. The van der Waals surface area contributed by atoms with Crippen molar-refractivity contribution in [3.63, 3.8) is 0 Å². The number of H-pyrrole nitrogens is 2. The fourth-order valence-corrected chi connectivity index (χ4v) is 9.24. The van der Waals surface area contributed by atoms with Gasteiger partial charge in [-0.25, -0.2) is 23.1 Å². The Morgan fingerprint density at radius 3 is 0.897 bits per heavy atom. The lowest BCUT2D eigenvalue weighted by atomic mass is 10.00. The molecule has 0 aliphatic carbocycles. The molecule has 0 radical (unpaired) electrons. The maximum atomic E-state index is 9.18. The first kappa shape index (κ1) is 44.6. The molecular formula is C60H50N8. The standard InChI is InChI=1S/C60H50N8/c1-63-39-7-11-43-17-25-47(26-18-43)59-53-33-31-51(66-53)57(45-21-13-41(14-22-45)9-3-5-37-61)49-29-30-50(65-49)58(46-23-15-42(16-24-46)10-4-6-38-62)52-32-34-54(67-52)60(56-36-35-55(59)68-56)48-27-19-44(20-28-48)12-8-40-64-2/h13-36,65,68H,3-12,39-40H2. The molecule has 0 saturated heterocycles. The highest BCUT2D eigenvalue weighted by Crippen LogP contribution is 2.39. The van der Waals surface area contributed by atoms with Crippen LogP contribution < -0.4 is 0 Å². The molecule has 0 amide bonds. The van der Waals surface area contributed by atoms with Crippen molar-refractivity contribution in [2.75, 3.05) is 13.1 Å². The lowest BCUT2D eigenvalue weighted by molar-refractivity contribution is 0.850. The molecule has 4 aromatic carbocycles. The van der Waals surface area contributed by atoms with Gasteiger partial charge in [0, 0.05) is 70.0 Å². The Morgan fingerprint density at radius 2 is 0.647 bits per heavy atom. The Morgan fingerprint density at radius 1 is 0.382 bits per heavy atom. The largest absolute Gasteiger partial charge is 0.354 e. The number of hydrogen-bond donors (Lipinski definition) is 2. The Balaban J connectivity index is 1.32. The number of fused-ring (bicyclic) bond motifs is 8. The second-order valence-corrected chi connectivity index (χ2v) is 17.3. The molecule has 7 aromatic rings. The van der Waals surface area contributed by atoms with Crippen molar-refractivity contribution >= 4 is 46.4 Å². The van der Waals surface area contributed by atoms with Crippen LogP contribution in [0.5, 0.6) is 0 Å². The molecule has 0 atom stereocenters. The van der Waals surface area contributed by atoms with Crippen molar-refractivity contribution in [1.82, 2.24) is 19.9 Å². The minimum atomic E-state index is 0.511. The number of aryl methyl sites for hydroxylation is 4. The van der Waals surface area contributed by atoms with Gasteiger partial charge in [0.1, 0.15) is 0 Å². The summed E-state index contributed by atoms with van der Waals surface area (Å²) in [5.41, 5.74) is 19.7. The summed E-state index contributed by atoms with van der Waals surface area (Å²) < 4.78 is 0. The Hall–Kier alpha value is -8.56. The molecule has 2 aliphatic heterocycles. The maximum Gasteiger partial charge on any atom is 0.215 e. The monoisotopic (exact) mass is 882 g/mol. The zero-order valence-electron chi connectivity index (χ0n) is 38.0. The average molecular weight is 883 g/mol. The molecule has 3 aromatic heterocycles. The third kappa shape index (κ3) is 9.97. The fourth-order valence-electron chi connectivity index (χ4n) is 9.24. The van der Waals surface area contributed by atoms with Crippen molar-refractivity contribution in [3.05, 3.63) is 189 Å². The first-order valence-corrected chi connectivity index (χ1v) is 23.5. The van der Waals surface area contributed by atoms with Gasteiger partial charge in [-0.15, -0.1) is 0 Å². The normalized spacial score (nSPS) is 11.5. The van der Waals surface area contributed by atoms with E-state index in [9.17, 15) is 10.5 Å². The summed E-state index contributed by atoms with van der Waals surface area (Å²) in [5, 5.41) is 18.4. The lowest BCUT2D eigenvalue weighted by Gasteiger charge is -2.08. The summed E-state index contributed by atoms with van der Waals surface area (Å²) in [4.78, 5) is 25.8. The van der Waals surface area contributed by atoms with Gasteiger partial charge in [0.05, 0.1) is 34.9 Å². The van der Waals surface area contributed by atoms with Gasteiger partial charge < -0.3 is 19.7 Å². The first-order chi connectivity index (χ1) is 33.5. The third-order valence-corrected chi connectivity index (χ3v) is 12.7. The topological polar surface area (TPSA) is 114 Å². The van der Waals surface area contributed by atoms with Crippen LogP contribution in [0.3, 0.4) is 0 Å². The van der Waals surface area contributed by atoms with Crippen molar-refractivity contribution in [1.29, 1.82) is 10.5 Å². The van der Waals surface area contributed by atoms with Gasteiger partial charge in [0.2, 0.25) is 13.1 Å². The van der Waals surface area contributed by atoms with E-state index in [-0.39, 0.29) is 0 Å². The molecule has 9 rings (SSSR count). The maximum absolute atomic E-state index is 9.18. The number of hydrogen-bond acceptors (Lipinski definition) is 4. The zero-order chi connectivity index (χ0) is 46.7. The van der Waals surface area contributed by atoms with Gasteiger partial charge in [0.25, 0.3) is 0 Å². The van der Waals surface area contributed by atoms with E-state index in [0.717, 1.165) is 141 Å². The van der Waals surface area contributed by atoms with Crippen LogP contribution in [0.2, 0.25) is 0 Å². The van der Waals surface area contributed by atoms with E-state index in [4.69, 9.17) is 23.1 Å². The molecule has 0 saturated carbocycles. The molecule has 0 unspecified atom stereocenters. The molecule has 0 fully saturated rings. The first-order valence-electron chi connectivity index (χ1n) is 23.5. The van der Waals surface area contributed by atoms with E-state index in [0.29, 0.717) is 25.9 Å². The van der Waals surface area contributed by atoms with Gasteiger partial charge in [-0.05, 0) is 132 Å². The van der Waals surface area contributed by atoms with E-state index in [1.54, 1.807) is 0 Å². The SMILES string of the molecule is [C-]#[N+]CCCc1ccc(-c2c3nc(c(-c4ccc(CCCC#N)cc4)c4ccc([nH]4)c(-c4ccc(CCCC#N)cc4)c4nc(c(-c5ccc(CCC[N+]#[C-])cc5)c5ccc2[nH]5)C=C4)C=C3)cc1. The smallest absolute Gasteiger partial charge is 0.215 e. The van der Waals surface area contributed by atoms with Crippen molar-refractivity contribution in [3.8, 4) is 56.6 Å². The molecule has 330 valence electrons. The molecule has 68 heavy (non-hydrogen) atoms. The van der Waals surface area contributed by atoms with Gasteiger partial charge in [-0.2, -0.15) is 10.5 Å². The predicted molar refractivity (Wildman–Crippen MR) is 277 cm³/mol. The van der Waals surface area contributed by atoms with E-state index in [2.05, 4.69) is 177 Å². The second kappa shape index (κ2) is 21.2. The molecular weight excluding hydrogens is 833 g/mol. The van der Waals surface area contributed by atoms with Crippen molar-refractivity contribution in [2.24, 2.45) is 0 Å². The molecule has 8 nitrogen and oxygen atoms in total. The Bertz CT molecular complexity index is 2910. The lowest BCUT2D eigenvalue weighted by Crippen LogP contribution is -1.92. The number of benzene rings is 4. The second-order valence-electron chi connectivity index (χ2n) is 17.3. The van der Waals surface area contributed by atoms with Crippen LogP contribution in [0.25, 0.3) is 101 Å². The summed E-state index contributed by atoms with van der Waals surface area (Å²) >= 11 is 0. The van der Waals surface area contributed by atoms with Gasteiger partial charge in [-0.3, -0.25) is 0 Å². The van der Waals surface area contributed by atoms with Crippen LogP contribution in [-0.2, 0) is 25.7 Å². The summed E-state index contributed by atoms with van der Waals surface area (Å²) in [6.07, 6.45) is 16.1. The number of aromatic amines is 2. The van der Waals surface area contributed by atoms with Crippen LogP contribution in [0.15, 0.2) is 121 Å². The zero-order valence-corrected chi connectivity index (χ0v) is 38.0. The number of nitrogens with one attached hydrogen (secondary N) is 2. The fraction of sp³-hybridized carbons (Fsp3) is 0.200. The van der Waals surface area contributed by atoms with Crippen molar-refractivity contribution in [2.45, 2.75) is 64.2 Å². The minimum absolute atomic E-state index is 0.511. The number of nitrogens with zero attached hydrogens (tertiary/aromatic N) is 6. The highest BCUT2D eigenvalue weighted by molar-refractivity contribution is 5.99. The quantitative estimate of drug-likeness (QED) is 0.0743. The van der Waals surface area contributed by atoms with Crippen molar-refractivity contribution < 1.29 is 0 Å². The molecule has 8 heteroatoms. The van der Waals surface area contributed by atoms with Crippen LogP contribution in [0, 0.1) is 35.8 Å². The molecule has 2 aliphatic rings. The number of rotatable bonds is 16. The van der Waals surface area contributed by atoms with Crippen LogP contribution >= 0.6 is 0 Å². The molecule has 2 N–H and O–H groups in total. The van der Waals surface area contributed by atoms with Crippen LogP contribution in [0.4, 0.5) is 0 Å². The Labute approximate surface area is 398 Å². The van der Waals surface area contributed by atoms with E-state index < -0.39 is 0 Å². The molecule has 5 heterocycles. The summed E-state index contributed by atoms with van der Waals surface area (Å²) in [6, 6.07) is 47.7. The summed E-state index contributed by atoms with van der Waals surface area (Å²) in [5.74, 6) is 0. The van der Waals surface area contributed by atoms with Gasteiger partial charge >= 0.3 is 0 Å². The number of aromatic nitrogens is 4. The predicted octanol–water partition coefficient (Wildman–Crippen LogP) is 14.7.